The minimum atomic E-state index is 0.581. The zero-order valence-corrected chi connectivity index (χ0v) is 6.85. The van der Waals surface area contributed by atoms with Gasteiger partial charge < -0.3 is 5.73 Å². The van der Waals surface area contributed by atoms with Crippen molar-refractivity contribution in [1.82, 2.24) is 9.36 Å². The van der Waals surface area contributed by atoms with Crippen LogP contribution in [0.4, 0.5) is 5.82 Å². The Balaban J connectivity index is 2.86. The first kappa shape index (κ1) is 6.54. The van der Waals surface area contributed by atoms with E-state index in [4.69, 9.17) is 5.73 Å². The van der Waals surface area contributed by atoms with E-state index in [1.54, 1.807) is 6.20 Å². The van der Waals surface area contributed by atoms with E-state index >= 15 is 0 Å². The summed E-state index contributed by atoms with van der Waals surface area (Å²) in [6, 6.07) is 1.99. The van der Waals surface area contributed by atoms with Gasteiger partial charge in [-0.3, -0.25) is 4.98 Å². The van der Waals surface area contributed by atoms with E-state index in [0.29, 0.717) is 5.82 Å². The summed E-state index contributed by atoms with van der Waals surface area (Å²) in [5, 5.41) is 0.959. The molecule has 0 saturated carbocycles. The first-order valence-electron chi connectivity index (χ1n) is 3.25. The molecule has 2 aromatic rings. The summed E-state index contributed by atoms with van der Waals surface area (Å²) in [5.41, 5.74) is 6.59. The van der Waals surface area contributed by atoms with Crippen LogP contribution in [0.1, 0.15) is 5.69 Å². The Hall–Kier alpha value is -1.16. The van der Waals surface area contributed by atoms with Crippen molar-refractivity contribution in [3.8, 4) is 0 Å². The predicted octanol–water partition coefficient (Wildman–Crippen LogP) is 1.58. The van der Waals surface area contributed by atoms with Crippen molar-refractivity contribution in [2.24, 2.45) is 0 Å². The van der Waals surface area contributed by atoms with Gasteiger partial charge in [0.1, 0.15) is 5.82 Å². The molecule has 11 heavy (non-hydrogen) atoms. The third kappa shape index (κ3) is 0.952. The monoisotopic (exact) mass is 165 g/mol. The molecule has 0 atom stereocenters. The van der Waals surface area contributed by atoms with Crippen LogP contribution in [-0.4, -0.2) is 9.36 Å². The molecular formula is C7H7N3S. The molecule has 3 nitrogen and oxygen atoms in total. The van der Waals surface area contributed by atoms with Crippen LogP contribution in [0.5, 0.6) is 0 Å². The number of nitrogen functional groups attached to an aromatic ring is 1. The summed E-state index contributed by atoms with van der Waals surface area (Å²) in [7, 11) is 0. The highest BCUT2D eigenvalue weighted by Crippen LogP contribution is 2.23. The summed E-state index contributed by atoms with van der Waals surface area (Å²) in [5.74, 6) is 0.581. The van der Waals surface area contributed by atoms with Crippen LogP contribution in [0, 0.1) is 6.92 Å². The Morgan fingerprint density at radius 2 is 2.36 bits per heavy atom. The van der Waals surface area contributed by atoms with Gasteiger partial charge in [-0.05, 0) is 24.5 Å². The third-order valence-electron chi connectivity index (χ3n) is 1.52. The Bertz CT molecular complexity index is 393. The second-order valence-corrected chi connectivity index (χ2v) is 3.19. The molecule has 2 aromatic heterocycles. The molecule has 0 aromatic carbocycles. The molecule has 0 spiro atoms. The Kier molecular flexibility index (Phi) is 1.29. The van der Waals surface area contributed by atoms with Crippen LogP contribution in [0.15, 0.2) is 12.3 Å². The predicted molar refractivity (Wildman–Crippen MR) is 46.6 cm³/mol. The number of rotatable bonds is 0. The van der Waals surface area contributed by atoms with Gasteiger partial charge in [-0.1, -0.05) is 0 Å². The van der Waals surface area contributed by atoms with E-state index in [0.717, 1.165) is 15.8 Å². The number of aromatic nitrogens is 2. The van der Waals surface area contributed by atoms with Gasteiger partial charge in [-0.25, -0.2) is 0 Å². The Morgan fingerprint density at radius 3 is 3.18 bits per heavy atom. The molecule has 0 aliphatic rings. The number of nitrogens with two attached hydrogens (primary N) is 1. The lowest BCUT2D eigenvalue weighted by molar-refractivity contribution is 1.23. The van der Waals surface area contributed by atoms with Gasteiger partial charge in [0.15, 0.2) is 0 Å². The fraction of sp³-hybridized carbons (Fsp3) is 0.143. The summed E-state index contributed by atoms with van der Waals surface area (Å²) in [4.78, 5) is 4.13. The van der Waals surface area contributed by atoms with Crippen LogP contribution < -0.4 is 5.73 Å². The second kappa shape index (κ2) is 2.17. The zero-order chi connectivity index (χ0) is 7.84. The standard InChI is InChI=1S/C7H7N3S/c1-4-2-6-5(3-9-4)7(8)10-11-6/h2-3H,1H3,(H2,8,10). The number of fused-ring (bicyclic) bond motifs is 1. The van der Waals surface area contributed by atoms with E-state index in [1.807, 2.05) is 13.0 Å². The van der Waals surface area contributed by atoms with Gasteiger partial charge in [-0.2, -0.15) is 4.37 Å². The summed E-state index contributed by atoms with van der Waals surface area (Å²) in [6.07, 6.45) is 1.77. The molecule has 4 heteroatoms. The molecule has 2 N–H and O–H groups in total. The van der Waals surface area contributed by atoms with Crippen LogP contribution in [0.2, 0.25) is 0 Å². The van der Waals surface area contributed by atoms with E-state index in [1.165, 1.54) is 11.5 Å². The van der Waals surface area contributed by atoms with Crippen molar-refractivity contribution in [2.75, 3.05) is 5.73 Å². The van der Waals surface area contributed by atoms with Crippen molar-refractivity contribution in [2.45, 2.75) is 6.92 Å². The number of hydrogen-bond donors (Lipinski definition) is 1. The average molecular weight is 165 g/mol. The molecular weight excluding hydrogens is 158 g/mol. The van der Waals surface area contributed by atoms with Crippen LogP contribution in [0.3, 0.4) is 0 Å². The van der Waals surface area contributed by atoms with Crippen LogP contribution in [-0.2, 0) is 0 Å². The van der Waals surface area contributed by atoms with Crippen molar-refractivity contribution >= 4 is 27.4 Å². The fourth-order valence-corrected chi connectivity index (χ4v) is 1.72. The molecule has 0 amide bonds. The first-order chi connectivity index (χ1) is 5.27. The summed E-state index contributed by atoms with van der Waals surface area (Å²) >= 11 is 1.41. The third-order valence-corrected chi connectivity index (χ3v) is 2.34. The average Bonchev–Trinajstić information content (AvgIpc) is 2.32. The zero-order valence-electron chi connectivity index (χ0n) is 6.03. The Labute approximate surface area is 68.0 Å². The quantitative estimate of drug-likeness (QED) is 0.644. The van der Waals surface area contributed by atoms with E-state index in [9.17, 15) is 0 Å². The van der Waals surface area contributed by atoms with Crippen molar-refractivity contribution in [3.05, 3.63) is 18.0 Å². The maximum atomic E-state index is 5.59. The normalized spacial score (nSPS) is 10.6. The SMILES string of the molecule is Cc1cc2snc(N)c2cn1. The minimum Gasteiger partial charge on any atom is -0.382 e. The molecule has 0 saturated heterocycles. The Morgan fingerprint density at radius 1 is 1.55 bits per heavy atom. The summed E-state index contributed by atoms with van der Waals surface area (Å²) < 4.78 is 5.12. The fourth-order valence-electron chi connectivity index (χ4n) is 0.950. The number of anilines is 1. The molecule has 2 heterocycles. The van der Waals surface area contributed by atoms with E-state index < -0.39 is 0 Å². The maximum absolute atomic E-state index is 5.59. The minimum absolute atomic E-state index is 0.581. The van der Waals surface area contributed by atoms with E-state index in [2.05, 4.69) is 9.36 Å². The molecule has 0 aliphatic carbocycles. The second-order valence-electron chi connectivity index (χ2n) is 2.39. The van der Waals surface area contributed by atoms with Gasteiger partial charge in [0, 0.05) is 11.9 Å². The highest BCUT2D eigenvalue weighted by atomic mass is 32.1. The van der Waals surface area contributed by atoms with Crippen LogP contribution >= 0.6 is 11.5 Å². The summed E-state index contributed by atoms with van der Waals surface area (Å²) in [6.45, 7) is 1.95. The molecule has 0 bridgehead atoms. The van der Waals surface area contributed by atoms with Crippen molar-refractivity contribution in [3.63, 3.8) is 0 Å². The molecule has 0 aliphatic heterocycles. The first-order valence-corrected chi connectivity index (χ1v) is 4.02. The molecule has 0 unspecified atom stereocenters. The lowest BCUT2D eigenvalue weighted by Gasteiger charge is -1.90. The smallest absolute Gasteiger partial charge is 0.146 e. The highest BCUT2D eigenvalue weighted by Gasteiger charge is 2.01. The van der Waals surface area contributed by atoms with Gasteiger partial charge in [0.25, 0.3) is 0 Å². The van der Waals surface area contributed by atoms with Crippen molar-refractivity contribution in [1.29, 1.82) is 0 Å². The van der Waals surface area contributed by atoms with Crippen LogP contribution in [0.25, 0.3) is 10.1 Å². The number of nitrogens with zero attached hydrogens (tertiary/aromatic N) is 2. The van der Waals surface area contributed by atoms with Gasteiger partial charge >= 0.3 is 0 Å². The lowest BCUT2D eigenvalue weighted by Crippen LogP contribution is -1.84. The highest BCUT2D eigenvalue weighted by molar-refractivity contribution is 7.13. The van der Waals surface area contributed by atoms with Gasteiger partial charge in [0.05, 0.1) is 10.1 Å². The lowest BCUT2D eigenvalue weighted by atomic mass is 10.3. The molecule has 0 fully saturated rings. The van der Waals surface area contributed by atoms with E-state index in [-0.39, 0.29) is 0 Å². The number of pyridine rings is 1. The molecule has 2 rings (SSSR count). The molecule has 0 radical (unpaired) electrons. The number of hydrogen-bond acceptors (Lipinski definition) is 4. The van der Waals surface area contributed by atoms with Gasteiger partial charge in [-0.15, -0.1) is 0 Å². The largest absolute Gasteiger partial charge is 0.382 e. The van der Waals surface area contributed by atoms with Crippen molar-refractivity contribution < 1.29 is 0 Å². The topological polar surface area (TPSA) is 51.8 Å². The maximum Gasteiger partial charge on any atom is 0.146 e. The molecule has 56 valence electrons. The van der Waals surface area contributed by atoms with Gasteiger partial charge in [0.2, 0.25) is 0 Å². The number of aryl methyl sites for hydroxylation is 1.